The second kappa shape index (κ2) is 8.75. The molecule has 30 heavy (non-hydrogen) atoms. The third-order valence-corrected chi connectivity index (χ3v) is 6.95. The second-order valence-corrected chi connectivity index (χ2v) is 10.1. The van der Waals surface area contributed by atoms with E-state index >= 15 is 0 Å². The zero-order chi connectivity index (χ0) is 21.3. The molecular formula is C27H29Cl2N. The molecule has 1 N–H and O–H groups in total. The summed E-state index contributed by atoms with van der Waals surface area (Å²) >= 11 is 12.4. The average Bonchev–Trinajstić information content (AvgIpc) is 2.74. The van der Waals surface area contributed by atoms with E-state index < -0.39 is 0 Å². The van der Waals surface area contributed by atoms with E-state index in [0.717, 1.165) is 19.4 Å². The van der Waals surface area contributed by atoms with Gasteiger partial charge in [0.2, 0.25) is 0 Å². The predicted molar refractivity (Wildman–Crippen MR) is 129 cm³/mol. The van der Waals surface area contributed by atoms with Crippen LogP contribution in [0.25, 0.3) is 0 Å². The number of hydrogen-bond acceptors (Lipinski definition) is 1. The van der Waals surface area contributed by atoms with Gasteiger partial charge in [-0.15, -0.1) is 0 Å². The van der Waals surface area contributed by atoms with Crippen molar-refractivity contribution < 1.29 is 0 Å². The van der Waals surface area contributed by atoms with Gasteiger partial charge in [-0.25, -0.2) is 0 Å². The lowest BCUT2D eigenvalue weighted by Crippen LogP contribution is -2.27. The molecule has 0 radical (unpaired) electrons. The van der Waals surface area contributed by atoms with Gasteiger partial charge in [-0.2, -0.15) is 0 Å². The molecular weight excluding hydrogens is 409 g/mol. The smallest absolute Gasteiger partial charge is 0.0595 e. The maximum absolute atomic E-state index is 6.30. The molecule has 0 saturated carbocycles. The average molecular weight is 438 g/mol. The molecule has 0 aliphatic heterocycles. The van der Waals surface area contributed by atoms with Gasteiger partial charge in [0.1, 0.15) is 0 Å². The Morgan fingerprint density at radius 1 is 0.833 bits per heavy atom. The Labute approximate surface area is 190 Å². The molecule has 3 aromatic carbocycles. The molecule has 3 aromatic rings. The fourth-order valence-electron chi connectivity index (χ4n) is 4.44. The maximum Gasteiger partial charge on any atom is 0.0595 e. The van der Waals surface area contributed by atoms with Crippen molar-refractivity contribution in [1.29, 1.82) is 0 Å². The molecule has 0 bridgehead atoms. The van der Waals surface area contributed by atoms with Crippen LogP contribution >= 0.6 is 23.2 Å². The van der Waals surface area contributed by atoms with Gasteiger partial charge in [-0.1, -0.05) is 98.6 Å². The van der Waals surface area contributed by atoms with E-state index in [2.05, 4.69) is 80.7 Å². The summed E-state index contributed by atoms with van der Waals surface area (Å²) in [5.74, 6) is 0.361. The molecule has 1 nitrogen and oxygen atoms in total. The van der Waals surface area contributed by atoms with Crippen LogP contribution in [0.4, 0.5) is 0 Å². The molecule has 0 fully saturated rings. The van der Waals surface area contributed by atoms with Crippen molar-refractivity contribution in [2.75, 3.05) is 0 Å². The van der Waals surface area contributed by atoms with Crippen molar-refractivity contribution >= 4 is 23.2 Å². The van der Waals surface area contributed by atoms with Crippen LogP contribution in [0.2, 0.25) is 10.0 Å². The molecule has 0 amide bonds. The van der Waals surface area contributed by atoms with Gasteiger partial charge in [0.25, 0.3) is 0 Å². The van der Waals surface area contributed by atoms with Crippen LogP contribution in [0.1, 0.15) is 73.4 Å². The van der Waals surface area contributed by atoms with Gasteiger partial charge >= 0.3 is 0 Å². The number of halogens is 2. The van der Waals surface area contributed by atoms with Crippen molar-refractivity contribution in [1.82, 2.24) is 5.32 Å². The van der Waals surface area contributed by atoms with E-state index in [4.69, 9.17) is 23.2 Å². The lowest BCUT2D eigenvalue weighted by Gasteiger charge is -2.33. The number of hydrogen-bond donors (Lipinski definition) is 1. The van der Waals surface area contributed by atoms with E-state index in [1.165, 1.54) is 27.8 Å². The Hall–Kier alpha value is -1.80. The molecule has 3 heteroatoms. The Morgan fingerprint density at radius 2 is 1.53 bits per heavy atom. The largest absolute Gasteiger partial charge is 0.306 e. The number of nitrogens with one attached hydrogen (secondary N) is 1. The quantitative estimate of drug-likeness (QED) is 0.435. The van der Waals surface area contributed by atoms with Crippen molar-refractivity contribution in [2.45, 2.75) is 57.5 Å². The lowest BCUT2D eigenvalue weighted by molar-refractivity contribution is 0.439. The van der Waals surface area contributed by atoms with Gasteiger partial charge in [-0.05, 0) is 58.2 Å². The standard InChI is InChI=1S/C27H29Cl2N/c1-27(2,3)20-11-8-18(9-12-20)17-30-26-15-13-21(22-6-4-5-7-23(22)26)19-10-14-24(28)25(29)16-19/h4-12,14,16,21,26,30H,13,15,17H2,1-3H3/t21-,26+/m0/s1. The third kappa shape index (κ3) is 4.59. The normalized spacial score (nSPS) is 18.8. The minimum absolute atomic E-state index is 0.188. The first-order chi connectivity index (χ1) is 14.3. The minimum atomic E-state index is 0.188. The summed E-state index contributed by atoms with van der Waals surface area (Å²) < 4.78 is 0. The molecule has 156 valence electrons. The number of fused-ring (bicyclic) bond motifs is 1. The number of benzene rings is 3. The molecule has 0 unspecified atom stereocenters. The molecule has 0 spiro atoms. The minimum Gasteiger partial charge on any atom is -0.306 e. The van der Waals surface area contributed by atoms with Crippen LogP contribution in [-0.4, -0.2) is 0 Å². The van der Waals surface area contributed by atoms with Gasteiger partial charge < -0.3 is 5.32 Å². The highest BCUT2D eigenvalue weighted by atomic mass is 35.5. The third-order valence-electron chi connectivity index (χ3n) is 6.21. The second-order valence-electron chi connectivity index (χ2n) is 9.31. The Morgan fingerprint density at radius 3 is 2.20 bits per heavy atom. The van der Waals surface area contributed by atoms with Gasteiger partial charge in [0.15, 0.2) is 0 Å². The van der Waals surface area contributed by atoms with Crippen molar-refractivity contribution in [2.24, 2.45) is 0 Å². The monoisotopic (exact) mass is 437 g/mol. The molecule has 2 atom stereocenters. The zero-order valence-electron chi connectivity index (χ0n) is 17.9. The topological polar surface area (TPSA) is 12.0 Å². The first-order valence-corrected chi connectivity index (χ1v) is 11.4. The summed E-state index contributed by atoms with van der Waals surface area (Å²) in [5, 5.41) is 5.04. The van der Waals surface area contributed by atoms with E-state index in [-0.39, 0.29) is 5.41 Å². The lowest BCUT2D eigenvalue weighted by atomic mass is 9.76. The van der Waals surface area contributed by atoms with E-state index in [9.17, 15) is 0 Å². The van der Waals surface area contributed by atoms with Crippen molar-refractivity contribution in [3.8, 4) is 0 Å². The predicted octanol–water partition coefficient (Wildman–Crippen LogP) is 8.05. The van der Waals surface area contributed by atoms with E-state index in [0.29, 0.717) is 22.0 Å². The summed E-state index contributed by atoms with van der Waals surface area (Å²) in [5.41, 5.74) is 6.92. The Bertz CT molecular complexity index is 1020. The highest BCUT2D eigenvalue weighted by molar-refractivity contribution is 6.42. The van der Waals surface area contributed by atoms with Crippen molar-refractivity contribution in [3.05, 3.63) is 105 Å². The molecule has 0 saturated heterocycles. The highest BCUT2D eigenvalue weighted by Crippen LogP contribution is 2.42. The first kappa shape index (κ1) is 21.4. The fraction of sp³-hybridized carbons (Fsp3) is 0.333. The maximum atomic E-state index is 6.30. The van der Waals surface area contributed by atoms with Crippen molar-refractivity contribution in [3.63, 3.8) is 0 Å². The Kier molecular flexibility index (Phi) is 6.25. The van der Waals surface area contributed by atoms with E-state index in [1.807, 2.05) is 12.1 Å². The summed E-state index contributed by atoms with van der Waals surface area (Å²) in [6.45, 7) is 7.64. The molecule has 1 aliphatic rings. The molecule has 4 rings (SSSR count). The molecule has 0 heterocycles. The Balaban J connectivity index is 1.52. The highest BCUT2D eigenvalue weighted by Gasteiger charge is 2.28. The molecule has 1 aliphatic carbocycles. The first-order valence-electron chi connectivity index (χ1n) is 10.7. The van der Waals surface area contributed by atoms with Crippen LogP contribution in [0.3, 0.4) is 0 Å². The number of rotatable bonds is 4. The molecule has 0 aromatic heterocycles. The zero-order valence-corrected chi connectivity index (χ0v) is 19.4. The summed E-state index contributed by atoms with van der Waals surface area (Å²) in [4.78, 5) is 0. The van der Waals surface area contributed by atoms with Gasteiger partial charge in [0, 0.05) is 18.5 Å². The van der Waals surface area contributed by atoms with Crippen LogP contribution in [-0.2, 0) is 12.0 Å². The van der Waals surface area contributed by atoms with Crippen LogP contribution in [0.5, 0.6) is 0 Å². The van der Waals surface area contributed by atoms with Crippen LogP contribution in [0, 0.1) is 0 Å². The fourth-order valence-corrected chi connectivity index (χ4v) is 4.75. The van der Waals surface area contributed by atoms with Gasteiger partial charge in [-0.3, -0.25) is 0 Å². The summed E-state index contributed by atoms with van der Waals surface area (Å²) in [6, 6.07) is 24.2. The van der Waals surface area contributed by atoms with Crippen LogP contribution < -0.4 is 5.32 Å². The van der Waals surface area contributed by atoms with Crippen LogP contribution in [0.15, 0.2) is 66.7 Å². The van der Waals surface area contributed by atoms with E-state index in [1.54, 1.807) is 0 Å². The summed E-state index contributed by atoms with van der Waals surface area (Å²) in [6.07, 6.45) is 2.19. The SMILES string of the molecule is CC(C)(C)c1ccc(CN[C@@H]2CC[C@@H](c3ccc(Cl)c(Cl)c3)c3ccccc32)cc1. The van der Waals surface area contributed by atoms with Gasteiger partial charge in [0.05, 0.1) is 10.0 Å². The summed E-state index contributed by atoms with van der Waals surface area (Å²) in [7, 11) is 0.